The molecule has 0 saturated heterocycles. The number of nitrogens with zero attached hydrogens (tertiary/aromatic N) is 1. The maximum atomic E-state index is 13.8. The highest BCUT2D eigenvalue weighted by molar-refractivity contribution is 5.94. The molecular formula is C15H21FN2O. The minimum Gasteiger partial charge on any atom is -0.399 e. The highest BCUT2D eigenvalue weighted by Gasteiger charge is 2.27. The van der Waals surface area contributed by atoms with Crippen LogP contribution in [0.25, 0.3) is 0 Å². The summed E-state index contributed by atoms with van der Waals surface area (Å²) in [7, 11) is 1.76. The number of benzene rings is 1. The van der Waals surface area contributed by atoms with E-state index in [9.17, 15) is 9.18 Å². The summed E-state index contributed by atoms with van der Waals surface area (Å²) in [6.45, 7) is 2.20. The van der Waals surface area contributed by atoms with Crippen molar-refractivity contribution in [2.75, 3.05) is 12.8 Å². The highest BCUT2D eigenvalue weighted by Crippen LogP contribution is 2.27. The van der Waals surface area contributed by atoms with Crippen LogP contribution in [0.4, 0.5) is 10.1 Å². The fraction of sp³-hybridized carbons (Fsp3) is 0.533. The van der Waals surface area contributed by atoms with E-state index < -0.39 is 5.82 Å². The number of carbonyl (C=O) groups is 1. The second kappa shape index (κ2) is 5.59. The van der Waals surface area contributed by atoms with E-state index in [-0.39, 0.29) is 17.5 Å². The molecule has 3 nitrogen and oxygen atoms in total. The Balaban J connectivity index is 2.14. The number of hydrogen-bond donors (Lipinski definition) is 1. The predicted molar refractivity (Wildman–Crippen MR) is 74.3 cm³/mol. The average molecular weight is 264 g/mol. The van der Waals surface area contributed by atoms with Gasteiger partial charge < -0.3 is 10.6 Å². The Morgan fingerprint density at radius 3 is 2.79 bits per heavy atom. The van der Waals surface area contributed by atoms with Gasteiger partial charge in [0.1, 0.15) is 5.82 Å². The summed E-state index contributed by atoms with van der Waals surface area (Å²) in [5.41, 5.74) is 5.94. The quantitative estimate of drug-likeness (QED) is 0.834. The molecule has 1 saturated carbocycles. The monoisotopic (exact) mass is 264 g/mol. The largest absolute Gasteiger partial charge is 0.399 e. The summed E-state index contributed by atoms with van der Waals surface area (Å²) in [5.74, 6) is -0.164. The first-order valence-corrected chi connectivity index (χ1v) is 6.81. The summed E-state index contributed by atoms with van der Waals surface area (Å²) < 4.78 is 13.8. The van der Waals surface area contributed by atoms with Gasteiger partial charge in [0.05, 0.1) is 5.56 Å². The Kier molecular flexibility index (Phi) is 4.08. The normalized spacial score (nSPS) is 23.1. The van der Waals surface area contributed by atoms with E-state index in [2.05, 4.69) is 6.92 Å². The van der Waals surface area contributed by atoms with Gasteiger partial charge in [-0.2, -0.15) is 0 Å². The predicted octanol–water partition coefficient (Wildman–Crippen LogP) is 3.06. The molecule has 0 bridgehead atoms. The molecule has 2 rings (SSSR count). The second-order valence-electron chi connectivity index (χ2n) is 5.58. The van der Waals surface area contributed by atoms with Crippen molar-refractivity contribution >= 4 is 11.6 Å². The van der Waals surface area contributed by atoms with Crippen LogP contribution < -0.4 is 5.73 Å². The van der Waals surface area contributed by atoms with Crippen LogP contribution in [-0.2, 0) is 0 Å². The third-order valence-electron chi connectivity index (χ3n) is 4.00. The van der Waals surface area contributed by atoms with E-state index in [1.807, 2.05) is 0 Å². The second-order valence-corrected chi connectivity index (χ2v) is 5.58. The lowest BCUT2D eigenvalue weighted by Gasteiger charge is -2.34. The third kappa shape index (κ3) is 3.06. The molecule has 0 radical (unpaired) electrons. The van der Waals surface area contributed by atoms with Crippen molar-refractivity contribution < 1.29 is 9.18 Å². The number of carbonyl (C=O) groups excluding carboxylic acids is 1. The molecule has 1 aliphatic rings. The van der Waals surface area contributed by atoms with Crippen molar-refractivity contribution in [3.05, 3.63) is 29.6 Å². The molecular weight excluding hydrogens is 243 g/mol. The average Bonchev–Trinajstić information content (AvgIpc) is 2.37. The smallest absolute Gasteiger partial charge is 0.256 e. The first kappa shape index (κ1) is 13.8. The standard InChI is InChI=1S/C15H21FN2O/c1-10-4-3-5-12(8-10)18(2)15(19)13-7-6-11(17)9-14(13)16/h6-7,9-10,12H,3-5,8,17H2,1-2H3. The number of anilines is 1. The van der Waals surface area contributed by atoms with Gasteiger partial charge in [-0.25, -0.2) is 4.39 Å². The molecule has 19 heavy (non-hydrogen) atoms. The van der Waals surface area contributed by atoms with Gasteiger partial charge >= 0.3 is 0 Å². The molecule has 4 heteroatoms. The highest BCUT2D eigenvalue weighted by atomic mass is 19.1. The lowest BCUT2D eigenvalue weighted by Crippen LogP contribution is -2.40. The molecule has 1 fully saturated rings. The lowest BCUT2D eigenvalue weighted by atomic mass is 9.86. The number of halogens is 1. The van der Waals surface area contributed by atoms with Crippen molar-refractivity contribution in [3.8, 4) is 0 Å². The minimum atomic E-state index is -0.541. The van der Waals surface area contributed by atoms with Crippen LogP contribution in [0.5, 0.6) is 0 Å². The molecule has 0 aliphatic heterocycles. The van der Waals surface area contributed by atoms with Crippen LogP contribution in [0.1, 0.15) is 43.0 Å². The number of hydrogen-bond acceptors (Lipinski definition) is 2. The Bertz CT molecular complexity index is 475. The fourth-order valence-corrected chi connectivity index (χ4v) is 2.81. The number of rotatable bonds is 2. The van der Waals surface area contributed by atoms with Gasteiger partial charge in [0.2, 0.25) is 0 Å². The summed E-state index contributed by atoms with van der Waals surface area (Å²) in [4.78, 5) is 14.0. The molecule has 0 aromatic heterocycles. The van der Waals surface area contributed by atoms with Crippen LogP contribution >= 0.6 is 0 Å². The van der Waals surface area contributed by atoms with Crippen molar-refractivity contribution in [3.63, 3.8) is 0 Å². The SMILES string of the molecule is CC1CCCC(N(C)C(=O)c2ccc(N)cc2F)C1. The van der Waals surface area contributed by atoms with Gasteiger partial charge in [0.15, 0.2) is 0 Å². The molecule has 0 heterocycles. The maximum absolute atomic E-state index is 13.8. The van der Waals surface area contributed by atoms with Gasteiger partial charge in [0, 0.05) is 18.8 Å². The third-order valence-corrected chi connectivity index (χ3v) is 4.00. The van der Waals surface area contributed by atoms with Gasteiger partial charge in [-0.15, -0.1) is 0 Å². The zero-order valence-electron chi connectivity index (χ0n) is 11.5. The topological polar surface area (TPSA) is 46.3 Å². The zero-order chi connectivity index (χ0) is 14.0. The summed E-state index contributed by atoms with van der Waals surface area (Å²) in [5, 5.41) is 0. The van der Waals surface area contributed by atoms with Crippen LogP contribution in [0, 0.1) is 11.7 Å². The molecule has 1 amide bonds. The van der Waals surface area contributed by atoms with E-state index in [1.165, 1.54) is 18.6 Å². The molecule has 104 valence electrons. The molecule has 0 spiro atoms. The molecule has 2 atom stereocenters. The number of nitrogen functional groups attached to an aromatic ring is 1. The van der Waals surface area contributed by atoms with E-state index in [1.54, 1.807) is 18.0 Å². The number of amides is 1. The van der Waals surface area contributed by atoms with Crippen molar-refractivity contribution in [1.82, 2.24) is 4.90 Å². The van der Waals surface area contributed by atoms with Gasteiger partial charge in [-0.3, -0.25) is 4.79 Å². The number of nitrogens with two attached hydrogens (primary N) is 1. The maximum Gasteiger partial charge on any atom is 0.256 e. The Hall–Kier alpha value is -1.58. The van der Waals surface area contributed by atoms with Gasteiger partial charge in [0.25, 0.3) is 5.91 Å². The van der Waals surface area contributed by atoms with Crippen LogP contribution in [0.15, 0.2) is 18.2 Å². The zero-order valence-corrected chi connectivity index (χ0v) is 11.5. The van der Waals surface area contributed by atoms with Crippen molar-refractivity contribution in [2.45, 2.75) is 38.6 Å². The van der Waals surface area contributed by atoms with Crippen LogP contribution in [0.3, 0.4) is 0 Å². The molecule has 2 unspecified atom stereocenters. The minimum absolute atomic E-state index is 0.106. The first-order chi connectivity index (χ1) is 8.99. The van der Waals surface area contributed by atoms with E-state index >= 15 is 0 Å². The Labute approximate surface area is 113 Å². The fourth-order valence-electron chi connectivity index (χ4n) is 2.81. The Morgan fingerprint density at radius 1 is 1.42 bits per heavy atom. The Morgan fingerprint density at radius 2 is 2.16 bits per heavy atom. The van der Waals surface area contributed by atoms with E-state index in [0.717, 1.165) is 19.3 Å². The molecule has 1 aromatic rings. The first-order valence-electron chi connectivity index (χ1n) is 6.81. The summed E-state index contributed by atoms with van der Waals surface area (Å²) in [6, 6.07) is 4.45. The molecule has 1 aromatic carbocycles. The van der Waals surface area contributed by atoms with E-state index in [0.29, 0.717) is 11.6 Å². The molecule has 2 N–H and O–H groups in total. The van der Waals surface area contributed by atoms with Crippen molar-refractivity contribution in [2.24, 2.45) is 5.92 Å². The molecule has 1 aliphatic carbocycles. The summed E-state index contributed by atoms with van der Waals surface area (Å²) >= 11 is 0. The lowest BCUT2D eigenvalue weighted by molar-refractivity contribution is 0.0667. The van der Waals surface area contributed by atoms with Crippen LogP contribution in [-0.4, -0.2) is 23.9 Å². The van der Waals surface area contributed by atoms with Gasteiger partial charge in [-0.05, 0) is 37.0 Å². The van der Waals surface area contributed by atoms with Crippen molar-refractivity contribution in [1.29, 1.82) is 0 Å². The van der Waals surface area contributed by atoms with Crippen LogP contribution in [0.2, 0.25) is 0 Å². The van der Waals surface area contributed by atoms with E-state index in [4.69, 9.17) is 5.73 Å². The van der Waals surface area contributed by atoms with Gasteiger partial charge in [-0.1, -0.05) is 19.8 Å². The summed E-state index contributed by atoms with van der Waals surface area (Å²) in [6.07, 6.45) is 4.35.